The molecule has 3 heterocycles. The number of thiophene rings is 1. The lowest BCUT2D eigenvalue weighted by Crippen LogP contribution is -1.93. The van der Waals surface area contributed by atoms with Gasteiger partial charge in [-0.1, -0.05) is 6.07 Å². The van der Waals surface area contributed by atoms with Gasteiger partial charge in [-0.05, 0) is 53.8 Å². The van der Waals surface area contributed by atoms with Gasteiger partial charge in [0.05, 0.1) is 5.69 Å². The van der Waals surface area contributed by atoms with E-state index in [-0.39, 0.29) is 5.82 Å². The Hall–Kier alpha value is -2.46. The summed E-state index contributed by atoms with van der Waals surface area (Å²) in [6.45, 7) is 1.79. The van der Waals surface area contributed by atoms with Crippen molar-refractivity contribution in [2.75, 3.05) is 0 Å². The first kappa shape index (κ1) is 14.2. The summed E-state index contributed by atoms with van der Waals surface area (Å²) < 4.78 is 14.1. The Morgan fingerprint density at radius 2 is 2.13 bits per heavy atom. The van der Waals surface area contributed by atoms with Crippen molar-refractivity contribution in [1.82, 2.24) is 9.97 Å². The van der Waals surface area contributed by atoms with Crippen LogP contribution in [0.1, 0.15) is 16.8 Å². The van der Waals surface area contributed by atoms with Gasteiger partial charge in [-0.2, -0.15) is 11.3 Å². The van der Waals surface area contributed by atoms with Gasteiger partial charge in [-0.25, -0.2) is 4.39 Å². The van der Waals surface area contributed by atoms with Gasteiger partial charge in [0.25, 0.3) is 0 Å². The molecule has 0 unspecified atom stereocenters. The van der Waals surface area contributed by atoms with E-state index in [1.165, 1.54) is 0 Å². The van der Waals surface area contributed by atoms with Crippen molar-refractivity contribution >= 4 is 22.2 Å². The third kappa shape index (κ3) is 2.55. The van der Waals surface area contributed by atoms with Crippen LogP contribution in [0.5, 0.6) is 0 Å². The largest absolute Gasteiger partial charge is 0.354 e. The molecule has 0 saturated carbocycles. The minimum Gasteiger partial charge on any atom is -0.354 e. The molecule has 0 aliphatic rings. The molecule has 3 aromatic heterocycles. The maximum atomic E-state index is 14.1. The molecule has 0 aliphatic carbocycles. The van der Waals surface area contributed by atoms with Crippen LogP contribution >= 0.6 is 11.3 Å². The molecule has 0 spiro atoms. The highest BCUT2D eigenvalue weighted by molar-refractivity contribution is 7.08. The molecule has 23 heavy (non-hydrogen) atoms. The van der Waals surface area contributed by atoms with Gasteiger partial charge in [0, 0.05) is 40.2 Å². The topological polar surface area (TPSA) is 28.7 Å². The Bertz CT molecular complexity index is 956. The zero-order chi connectivity index (χ0) is 15.8. The van der Waals surface area contributed by atoms with Gasteiger partial charge in [0.2, 0.25) is 0 Å². The average Bonchev–Trinajstić information content (AvgIpc) is 3.18. The van der Waals surface area contributed by atoms with E-state index in [1.807, 2.05) is 24.3 Å². The number of benzene rings is 1. The van der Waals surface area contributed by atoms with Crippen LogP contribution in [-0.2, 0) is 6.42 Å². The molecular formula is C19H15FN2S. The number of rotatable bonds is 3. The zero-order valence-electron chi connectivity index (χ0n) is 12.6. The van der Waals surface area contributed by atoms with Gasteiger partial charge in [0.15, 0.2) is 0 Å². The van der Waals surface area contributed by atoms with Gasteiger partial charge >= 0.3 is 0 Å². The van der Waals surface area contributed by atoms with E-state index in [2.05, 4.69) is 26.8 Å². The minimum absolute atomic E-state index is 0.171. The van der Waals surface area contributed by atoms with Crippen LogP contribution < -0.4 is 0 Å². The molecule has 114 valence electrons. The number of aryl methyl sites for hydroxylation is 1. The summed E-state index contributed by atoms with van der Waals surface area (Å²) in [5, 5.41) is 5.09. The number of fused-ring (bicyclic) bond motifs is 1. The average molecular weight is 322 g/mol. The van der Waals surface area contributed by atoms with Gasteiger partial charge in [0.1, 0.15) is 5.82 Å². The van der Waals surface area contributed by atoms with Gasteiger partial charge < -0.3 is 4.98 Å². The molecule has 1 N–H and O–H groups in total. The highest BCUT2D eigenvalue weighted by atomic mass is 32.1. The number of H-pyrrole nitrogens is 1. The molecule has 0 aliphatic heterocycles. The molecule has 1 aromatic carbocycles. The fraction of sp³-hybridized carbons (Fsp3) is 0.105. The Labute approximate surface area is 137 Å². The quantitative estimate of drug-likeness (QED) is 0.542. The molecule has 4 aromatic rings. The van der Waals surface area contributed by atoms with E-state index in [4.69, 9.17) is 0 Å². The lowest BCUT2D eigenvalue weighted by atomic mass is 10.0. The van der Waals surface area contributed by atoms with Crippen LogP contribution in [0.3, 0.4) is 0 Å². The summed E-state index contributed by atoms with van der Waals surface area (Å²) >= 11 is 1.66. The van der Waals surface area contributed by atoms with Crippen LogP contribution in [0.15, 0.2) is 53.4 Å². The summed E-state index contributed by atoms with van der Waals surface area (Å²) in [4.78, 5) is 7.88. The monoisotopic (exact) mass is 322 g/mol. The number of hydrogen-bond donors (Lipinski definition) is 1. The summed E-state index contributed by atoms with van der Waals surface area (Å²) in [7, 11) is 0. The van der Waals surface area contributed by atoms with E-state index < -0.39 is 0 Å². The summed E-state index contributed by atoms with van der Waals surface area (Å²) in [5.41, 5.74) is 5.88. The second-order valence-electron chi connectivity index (χ2n) is 5.64. The molecule has 2 nitrogen and oxygen atoms in total. The van der Waals surface area contributed by atoms with Crippen LogP contribution in [0.2, 0.25) is 0 Å². The maximum absolute atomic E-state index is 14.1. The number of aromatic amines is 1. The van der Waals surface area contributed by atoms with Crippen LogP contribution in [-0.4, -0.2) is 9.97 Å². The molecule has 0 atom stereocenters. The number of hydrogen-bond acceptors (Lipinski definition) is 2. The predicted octanol–water partition coefficient (Wildman–Crippen LogP) is 5.33. The van der Waals surface area contributed by atoms with Crippen molar-refractivity contribution in [1.29, 1.82) is 0 Å². The number of pyridine rings is 1. The lowest BCUT2D eigenvalue weighted by Gasteiger charge is -2.04. The zero-order valence-corrected chi connectivity index (χ0v) is 13.5. The Morgan fingerprint density at radius 3 is 2.87 bits per heavy atom. The SMILES string of the molecule is Cc1cc2[nH]c(-c3ccsc3)c(Cc3ccccn3)c2cc1F. The normalized spacial score (nSPS) is 11.2. The lowest BCUT2D eigenvalue weighted by molar-refractivity contribution is 0.620. The molecular weight excluding hydrogens is 307 g/mol. The fourth-order valence-electron chi connectivity index (χ4n) is 2.90. The van der Waals surface area contributed by atoms with Crippen molar-refractivity contribution in [3.05, 3.63) is 76.0 Å². The molecule has 0 fully saturated rings. The van der Waals surface area contributed by atoms with Crippen LogP contribution in [0.25, 0.3) is 22.2 Å². The second-order valence-corrected chi connectivity index (χ2v) is 6.42. The number of nitrogens with zero attached hydrogens (tertiary/aromatic N) is 1. The molecule has 4 heteroatoms. The Kier molecular flexibility index (Phi) is 3.46. The Morgan fingerprint density at radius 1 is 1.22 bits per heavy atom. The Balaban J connectivity index is 1.94. The van der Waals surface area contributed by atoms with Crippen molar-refractivity contribution in [3.63, 3.8) is 0 Å². The highest BCUT2D eigenvalue weighted by Gasteiger charge is 2.16. The first-order chi connectivity index (χ1) is 11.2. The van der Waals surface area contributed by atoms with E-state index in [0.29, 0.717) is 12.0 Å². The van der Waals surface area contributed by atoms with Crippen molar-refractivity contribution in [2.24, 2.45) is 0 Å². The summed E-state index contributed by atoms with van der Waals surface area (Å²) in [5.74, 6) is -0.171. The van der Waals surface area contributed by atoms with Crippen LogP contribution in [0.4, 0.5) is 4.39 Å². The first-order valence-electron chi connectivity index (χ1n) is 7.45. The van der Waals surface area contributed by atoms with Gasteiger partial charge in [-0.15, -0.1) is 0 Å². The maximum Gasteiger partial charge on any atom is 0.126 e. The summed E-state index contributed by atoms with van der Waals surface area (Å²) in [6, 6.07) is 11.5. The van der Waals surface area contributed by atoms with Crippen molar-refractivity contribution < 1.29 is 4.39 Å². The smallest absolute Gasteiger partial charge is 0.126 e. The molecule has 0 bridgehead atoms. The second kappa shape index (κ2) is 5.63. The van der Waals surface area contributed by atoms with Gasteiger partial charge in [-0.3, -0.25) is 4.98 Å². The van der Waals surface area contributed by atoms with E-state index in [1.54, 1.807) is 30.5 Å². The molecule has 0 radical (unpaired) electrons. The van der Waals surface area contributed by atoms with E-state index >= 15 is 0 Å². The predicted molar refractivity (Wildman–Crippen MR) is 93.3 cm³/mol. The summed E-state index contributed by atoms with van der Waals surface area (Å²) in [6.07, 6.45) is 2.47. The standard InChI is InChI=1S/C19H15FN2S/c1-12-8-18-15(10-17(12)20)16(9-14-4-2-3-6-21-14)19(22-18)13-5-7-23-11-13/h2-8,10-11,22H,9H2,1H3. The molecule has 0 amide bonds. The highest BCUT2D eigenvalue weighted by Crippen LogP contribution is 2.34. The van der Waals surface area contributed by atoms with Crippen LogP contribution in [0, 0.1) is 12.7 Å². The van der Waals surface area contributed by atoms with E-state index in [9.17, 15) is 4.39 Å². The first-order valence-corrected chi connectivity index (χ1v) is 8.40. The number of nitrogens with one attached hydrogen (secondary N) is 1. The molecule has 4 rings (SSSR count). The third-order valence-electron chi connectivity index (χ3n) is 4.08. The van der Waals surface area contributed by atoms with Crippen molar-refractivity contribution in [2.45, 2.75) is 13.3 Å². The number of aromatic nitrogens is 2. The molecule has 0 saturated heterocycles. The number of halogens is 1. The minimum atomic E-state index is -0.171. The van der Waals surface area contributed by atoms with E-state index in [0.717, 1.165) is 33.4 Å². The van der Waals surface area contributed by atoms with Crippen molar-refractivity contribution in [3.8, 4) is 11.3 Å². The fourth-order valence-corrected chi connectivity index (χ4v) is 3.55. The third-order valence-corrected chi connectivity index (χ3v) is 4.76.